The lowest BCUT2D eigenvalue weighted by atomic mass is 9.81. The van der Waals surface area contributed by atoms with Gasteiger partial charge in [0.25, 0.3) is 0 Å². The van der Waals surface area contributed by atoms with Gasteiger partial charge in [-0.25, -0.2) is 0 Å². The first-order valence-corrected chi connectivity index (χ1v) is 5.37. The smallest absolute Gasteiger partial charge is 0.194 e. The average molecular weight is 208 g/mol. The van der Waals surface area contributed by atoms with E-state index in [1.54, 1.807) is 0 Å². The molecule has 2 unspecified atom stereocenters. The quantitative estimate of drug-likeness (QED) is 0.765. The van der Waals surface area contributed by atoms with Crippen LogP contribution in [0.2, 0.25) is 0 Å². The minimum Gasteiger partial charge on any atom is -0.468 e. The van der Waals surface area contributed by atoms with E-state index in [0.29, 0.717) is 11.5 Å². The molecule has 1 aliphatic carbocycles. The van der Waals surface area contributed by atoms with Gasteiger partial charge >= 0.3 is 0 Å². The van der Waals surface area contributed by atoms with Gasteiger partial charge in [0.05, 0.1) is 18.4 Å². The highest BCUT2D eigenvalue weighted by Crippen LogP contribution is 2.32. The SMILES string of the molecule is CC1Cc2occ(CO)c(=O)c2C(C)C1. The van der Waals surface area contributed by atoms with Crippen LogP contribution in [0, 0.1) is 5.92 Å². The maximum atomic E-state index is 11.9. The van der Waals surface area contributed by atoms with Gasteiger partial charge in [-0.3, -0.25) is 4.79 Å². The molecule has 15 heavy (non-hydrogen) atoms. The zero-order chi connectivity index (χ0) is 11.0. The van der Waals surface area contributed by atoms with Crippen LogP contribution in [0.1, 0.15) is 43.1 Å². The Kier molecular flexibility index (Phi) is 2.65. The minimum atomic E-state index is -0.238. The second-order valence-corrected chi connectivity index (χ2v) is 4.53. The Morgan fingerprint density at radius 2 is 2.27 bits per heavy atom. The number of fused-ring (bicyclic) bond motifs is 1. The van der Waals surface area contributed by atoms with Crippen molar-refractivity contribution in [2.75, 3.05) is 0 Å². The molecular formula is C12H16O3. The summed E-state index contributed by atoms with van der Waals surface area (Å²) in [6.07, 6.45) is 3.25. The Labute approximate surface area is 88.7 Å². The Bertz CT molecular complexity index is 419. The maximum absolute atomic E-state index is 11.9. The molecule has 1 aliphatic rings. The Balaban J connectivity index is 2.56. The molecule has 82 valence electrons. The summed E-state index contributed by atoms with van der Waals surface area (Å²) < 4.78 is 5.43. The first-order valence-electron chi connectivity index (χ1n) is 5.37. The van der Waals surface area contributed by atoms with Crippen LogP contribution in [0.3, 0.4) is 0 Å². The van der Waals surface area contributed by atoms with Crippen LogP contribution in [0.25, 0.3) is 0 Å². The highest BCUT2D eigenvalue weighted by atomic mass is 16.3. The predicted molar refractivity (Wildman–Crippen MR) is 56.8 cm³/mol. The van der Waals surface area contributed by atoms with Crippen molar-refractivity contribution in [1.29, 1.82) is 0 Å². The van der Waals surface area contributed by atoms with Crippen LogP contribution in [0.15, 0.2) is 15.5 Å². The average Bonchev–Trinajstić information content (AvgIpc) is 2.17. The molecule has 1 N–H and O–H groups in total. The third-order valence-corrected chi connectivity index (χ3v) is 3.13. The molecule has 0 amide bonds. The van der Waals surface area contributed by atoms with Crippen molar-refractivity contribution in [2.24, 2.45) is 5.92 Å². The molecule has 2 atom stereocenters. The molecule has 1 aromatic rings. The van der Waals surface area contributed by atoms with Crippen molar-refractivity contribution in [3.05, 3.63) is 33.4 Å². The van der Waals surface area contributed by atoms with Crippen LogP contribution in [-0.4, -0.2) is 5.11 Å². The Morgan fingerprint density at radius 1 is 1.53 bits per heavy atom. The van der Waals surface area contributed by atoms with Crippen LogP contribution < -0.4 is 5.43 Å². The second-order valence-electron chi connectivity index (χ2n) is 4.53. The second kappa shape index (κ2) is 3.81. The summed E-state index contributed by atoms with van der Waals surface area (Å²) in [6.45, 7) is 3.98. The van der Waals surface area contributed by atoms with Crippen molar-refractivity contribution in [3.63, 3.8) is 0 Å². The summed E-state index contributed by atoms with van der Waals surface area (Å²) in [5, 5.41) is 9.00. The molecule has 3 heteroatoms. The molecule has 0 saturated carbocycles. The Morgan fingerprint density at radius 3 is 2.93 bits per heavy atom. The number of aliphatic hydroxyl groups excluding tert-OH is 1. The lowest BCUT2D eigenvalue weighted by Crippen LogP contribution is -2.25. The van der Waals surface area contributed by atoms with Crippen molar-refractivity contribution >= 4 is 0 Å². The first kappa shape index (κ1) is 10.4. The molecule has 0 bridgehead atoms. The summed E-state index contributed by atoms with van der Waals surface area (Å²) in [4.78, 5) is 11.9. The molecule has 2 rings (SSSR count). The molecular weight excluding hydrogens is 192 g/mol. The van der Waals surface area contributed by atoms with Crippen LogP contribution in [-0.2, 0) is 13.0 Å². The van der Waals surface area contributed by atoms with Crippen molar-refractivity contribution in [2.45, 2.75) is 39.2 Å². The van der Waals surface area contributed by atoms with E-state index in [9.17, 15) is 4.79 Å². The van der Waals surface area contributed by atoms with Crippen LogP contribution >= 0.6 is 0 Å². The van der Waals surface area contributed by atoms with E-state index in [4.69, 9.17) is 9.52 Å². The third-order valence-electron chi connectivity index (χ3n) is 3.13. The third kappa shape index (κ3) is 1.72. The molecule has 1 aromatic heterocycles. The van der Waals surface area contributed by atoms with Gasteiger partial charge in [-0.15, -0.1) is 0 Å². The van der Waals surface area contributed by atoms with Crippen molar-refractivity contribution < 1.29 is 9.52 Å². The van der Waals surface area contributed by atoms with Gasteiger partial charge < -0.3 is 9.52 Å². The summed E-state index contributed by atoms with van der Waals surface area (Å²) in [7, 11) is 0. The topological polar surface area (TPSA) is 50.4 Å². The standard InChI is InChI=1S/C12H16O3/c1-7-3-8(2)11-10(4-7)15-6-9(5-13)12(11)14/h6-8,13H,3-5H2,1-2H3. The zero-order valence-electron chi connectivity index (χ0n) is 9.12. The highest BCUT2D eigenvalue weighted by molar-refractivity contribution is 5.28. The number of aliphatic hydroxyl groups is 1. The van der Waals surface area contributed by atoms with E-state index < -0.39 is 0 Å². The fraction of sp³-hybridized carbons (Fsp3) is 0.583. The highest BCUT2D eigenvalue weighted by Gasteiger charge is 2.26. The first-order chi connectivity index (χ1) is 7.13. The number of rotatable bonds is 1. The van der Waals surface area contributed by atoms with Crippen LogP contribution in [0.4, 0.5) is 0 Å². The van der Waals surface area contributed by atoms with Crippen molar-refractivity contribution in [3.8, 4) is 0 Å². The normalized spacial score (nSPS) is 25.0. The van der Waals surface area contributed by atoms with Crippen LogP contribution in [0.5, 0.6) is 0 Å². The van der Waals surface area contributed by atoms with Crippen molar-refractivity contribution in [1.82, 2.24) is 0 Å². The van der Waals surface area contributed by atoms with E-state index in [1.165, 1.54) is 6.26 Å². The number of hydrogen-bond acceptors (Lipinski definition) is 3. The predicted octanol–water partition coefficient (Wildman–Crippen LogP) is 1.82. The van der Waals surface area contributed by atoms with Gasteiger partial charge in [-0.05, 0) is 18.3 Å². The van der Waals surface area contributed by atoms with Gasteiger partial charge in [0.15, 0.2) is 5.43 Å². The lowest BCUT2D eigenvalue weighted by molar-refractivity contribution is 0.272. The zero-order valence-corrected chi connectivity index (χ0v) is 9.12. The molecule has 0 aromatic carbocycles. The molecule has 0 fully saturated rings. The maximum Gasteiger partial charge on any atom is 0.194 e. The lowest BCUT2D eigenvalue weighted by Gasteiger charge is -2.25. The van der Waals surface area contributed by atoms with Gasteiger partial charge in [-0.1, -0.05) is 13.8 Å². The van der Waals surface area contributed by atoms with E-state index in [2.05, 4.69) is 6.92 Å². The van der Waals surface area contributed by atoms with Gasteiger partial charge in [0, 0.05) is 12.0 Å². The molecule has 0 spiro atoms. The van der Waals surface area contributed by atoms with E-state index >= 15 is 0 Å². The number of hydrogen-bond donors (Lipinski definition) is 1. The van der Waals surface area contributed by atoms with E-state index in [1.807, 2.05) is 6.92 Å². The summed E-state index contributed by atoms with van der Waals surface area (Å²) in [5.74, 6) is 1.62. The fourth-order valence-electron chi connectivity index (χ4n) is 2.45. The molecule has 0 radical (unpaired) electrons. The summed E-state index contributed by atoms with van der Waals surface area (Å²) in [5.41, 5.74) is 1.12. The van der Waals surface area contributed by atoms with Gasteiger partial charge in [0.1, 0.15) is 5.76 Å². The molecule has 1 heterocycles. The van der Waals surface area contributed by atoms with Gasteiger partial charge in [0.2, 0.25) is 0 Å². The van der Waals surface area contributed by atoms with E-state index in [0.717, 1.165) is 24.2 Å². The monoisotopic (exact) mass is 208 g/mol. The van der Waals surface area contributed by atoms with E-state index in [-0.39, 0.29) is 18.0 Å². The minimum absolute atomic E-state index is 0.0295. The molecule has 3 nitrogen and oxygen atoms in total. The summed E-state index contributed by atoms with van der Waals surface area (Å²) in [6, 6.07) is 0. The van der Waals surface area contributed by atoms with Gasteiger partial charge in [-0.2, -0.15) is 0 Å². The fourth-order valence-corrected chi connectivity index (χ4v) is 2.45. The largest absolute Gasteiger partial charge is 0.468 e. The molecule has 0 saturated heterocycles. The Hall–Kier alpha value is -1.09. The molecule has 0 aliphatic heterocycles. The summed E-state index contributed by atoms with van der Waals surface area (Å²) >= 11 is 0.